The van der Waals surface area contributed by atoms with Crippen LogP contribution in [0.2, 0.25) is 5.02 Å². The van der Waals surface area contributed by atoms with E-state index in [0.29, 0.717) is 11.8 Å². The van der Waals surface area contributed by atoms with E-state index in [9.17, 15) is 4.79 Å². The Bertz CT molecular complexity index is 633. The van der Waals surface area contributed by atoms with Crippen LogP contribution in [0.4, 0.5) is 0 Å². The lowest BCUT2D eigenvalue weighted by Gasteiger charge is -2.24. The van der Waals surface area contributed by atoms with Gasteiger partial charge in [0.1, 0.15) is 0 Å². The first-order valence-corrected chi connectivity index (χ1v) is 9.40. The molecule has 1 aliphatic heterocycles. The van der Waals surface area contributed by atoms with Crippen LogP contribution in [0, 0.1) is 19.8 Å². The van der Waals surface area contributed by atoms with Crippen LogP contribution in [0.5, 0.6) is 0 Å². The third-order valence-corrected chi connectivity index (χ3v) is 5.55. The summed E-state index contributed by atoms with van der Waals surface area (Å²) in [6.45, 7) is 12.6. The van der Waals surface area contributed by atoms with Crippen molar-refractivity contribution in [1.82, 2.24) is 4.90 Å². The highest BCUT2D eigenvalue weighted by Gasteiger charge is 2.24. The number of ketones is 1. The Balaban J connectivity index is 2.14. The van der Waals surface area contributed by atoms with Crippen molar-refractivity contribution in [3.05, 3.63) is 39.4 Å². The minimum atomic E-state index is 0.158. The number of nitrogens with zero attached hydrogens (tertiary/aromatic N) is 1. The molecular formula is C21H30ClNO. The summed E-state index contributed by atoms with van der Waals surface area (Å²) in [5.74, 6) is 0.461. The standard InChI is InChI=1S/C21H30ClNO/c1-14(2)23-9-6-7-18(8-10-23)21(24)16(4)13-19-11-15(3)12-20(22)17(19)5/h11-14,18H,6-10H2,1-5H3/b16-13+. The molecule has 2 rings (SSSR count). The molecule has 0 amide bonds. The summed E-state index contributed by atoms with van der Waals surface area (Å²) in [7, 11) is 0. The fourth-order valence-corrected chi connectivity index (χ4v) is 3.80. The average molecular weight is 348 g/mol. The van der Waals surface area contributed by atoms with Gasteiger partial charge in [0.25, 0.3) is 0 Å². The quantitative estimate of drug-likeness (QED) is 0.676. The fourth-order valence-electron chi connectivity index (χ4n) is 3.51. The minimum Gasteiger partial charge on any atom is -0.301 e. The second kappa shape index (κ2) is 8.31. The van der Waals surface area contributed by atoms with Crippen molar-refractivity contribution in [2.45, 2.75) is 59.9 Å². The first kappa shape index (κ1) is 19.2. The van der Waals surface area contributed by atoms with E-state index in [0.717, 1.165) is 59.6 Å². The van der Waals surface area contributed by atoms with Gasteiger partial charge in [0, 0.05) is 17.0 Å². The van der Waals surface area contributed by atoms with Gasteiger partial charge in [-0.1, -0.05) is 17.7 Å². The van der Waals surface area contributed by atoms with Gasteiger partial charge in [-0.05, 0) is 101 Å². The van der Waals surface area contributed by atoms with E-state index in [1.54, 1.807) is 0 Å². The lowest BCUT2D eigenvalue weighted by molar-refractivity contribution is -0.119. The zero-order valence-corrected chi connectivity index (χ0v) is 16.4. The van der Waals surface area contributed by atoms with Gasteiger partial charge in [0.2, 0.25) is 0 Å². The maximum atomic E-state index is 12.9. The molecule has 1 unspecified atom stereocenters. The van der Waals surface area contributed by atoms with E-state index in [1.807, 2.05) is 32.9 Å². The molecule has 0 N–H and O–H groups in total. The highest BCUT2D eigenvalue weighted by molar-refractivity contribution is 6.31. The van der Waals surface area contributed by atoms with Crippen molar-refractivity contribution in [2.75, 3.05) is 13.1 Å². The summed E-state index contributed by atoms with van der Waals surface area (Å²) in [6, 6.07) is 4.63. The number of likely N-dealkylation sites (tertiary alicyclic amines) is 1. The topological polar surface area (TPSA) is 20.3 Å². The molecule has 1 saturated heterocycles. The lowest BCUT2D eigenvalue weighted by Crippen LogP contribution is -2.32. The number of carbonyl (C=O) groups is 1. The van der Waals surface area contributed by atoms with Crippen molar-refractivity contribution >= 4 is 23.5 Å². The zero-order valence-electron chi connectivity index (χ0n) is 15.7. The summed E-state index contributed by atoms with van der Waals surface area (Å²) in [5.41, 5.74) is 4.08. The van der Waals surface area contributed by atoms with Crippen LogP contribution < -0.4 is 0 Å². The predicted octanol–water partition coefficient (Wildman–Crippen LogP) is 5.44. The Morgan fingerprint density at radius 3 is 2.62 bits per heavy atom. The molecule has 2 nitrogen and oxygen atoms in total. The summed E-state index contributed by atoms with van der Waals surface area (Å²) < 4.78 is 0. The molecule has 0 radical (unpaired) electrons. The monoisotopic (exact) mass is 347 g/mol. The zero-order chi connectivity index (χ0) is 17.9. The van der Waals surface area contributed by atoms with Crippen molar-refractivity contribution in [3.63, 3.8) is 0 Å². The maximum absolute atomic E-state index is 12.9. The van der Waals surface area contributed by atoms with Gasteiger partial charge in [-0.15, -0.1) is 0 Å². The molecule has 0 aromatic heterocycles. The number of benzene rings is 1. The minimum absolute atomic E-state index is 0.158. The van der Waals surface area contributed by atoms with E-state index < -0.39 is 0 Å². The molecule has 3 heteroatoms. The van der Waals surface area contributed by atoms with Crippen molar-refractivity contribution in [1.29, 1.82) is 0 Å². The highest BCUT2D eigenvalue weighted by Crippen LogP contribution is 2.26. The van der Waals surface area contributed by atoms with E-state index >= 15 is 0 Å². The molecule has 1 heterocycles. The smallest absolute Gasteiger partial charge is 0.161 e. The third kappa shape index (κ3) is 4.70. The Morgan fingerprint density at radius 2 is 1.96 bits per heavy atom. The lowest BCUT2D eigenvalue weighted by atomic mass is 9.90. The van der Waals surface area contributed by atoms with E-state index in [4.69, 9.17) is 11.6 Å². The number of rotatable bonds is 4. The molecular weight excluding hydrogens is 318 g/mol. The number of halogens is 1. The Morgan fingerprint density at radius 1 is 1.25 bits per heavy atom. The van der Waals surface area contributed by atoms with E-state index in [-0.39, 0.29) is 5.92 Å². The van der Waals surface area contributed by atoms with Crippen molar-refractivity contribution < 1.29 is 4.79 Å². The third-order valence-electron chi connectivity index (χ3n) is 5.15. The van der Waals surface area contributed by atoms with Crippen LogP contribution in [0.1, 0.15) is 56.7 Å². The van der Waals surface area contributed by atoms with Crippen LogP contribution >= 0.6 is 11.6 Å². The molecule has 0 saturated carbocycles. The molecule has 1 aromatic carbocycles. The Labute approximate surface area is 151 Å². The van der Waals surface area contributed by atoms with E-state index in [2.05, 4.69) is 24.8 Å². The van der Waals surface area contributed by atoms with Gasteiger partial charge >= 0.3 is 0 Å². The van der Waals surface area contributed by atoms with Gasteiger partial charge in [-0.25, -0.2) is 0 Å². The number of hydrogen-bond acceptors (Lipinski definition) is 2. The van der Waals surface area contributed by atoms with Crippen LogP contribution in [-0.4, -0.2) is 29.8 Å². The van der Waals surface area contributed by atoms with Gasteiger partial charge in [0.05, 0.1) is 0 Å². The van der Waals surface area contributed by atoms with Crippen molar-refractivity contribution in [3.8, 4) is 0 Å². The van der Waals surface area contributed by atoms with Gasteiger partial charge in [0.15, 0.2) is 5.78 Å². The summed E-state index contributed by atoms with van der Waals surface area (Å²) in [5, 5.41) is 0.767. The summed E-state index contributed by atoms with van der Waals surface area (Å²) >= 11 is 6.28. The largest absolute Gasteiger partial charge is 0.301 e. The summed E-state index contributed by atoms with van der Waals surface area (Å²) in [4.78, 5) is 15.4. The molecule has 1 fully saturated rings. The maximum Gasteiger partial charge on any atom is 0.161 e. The molecule has 1 aromatic rings. The Hall–Kier alpha value is -1.12. The summed E-state index contributed by atoms with van der Waals surface area (Å²) in [6.07, 6.45) is 5.09. The van der Waals surface area contributed by atoms with Crippen LogP contribution in [0.15, 0.2) is 17.7 Å². The molecule has 24 heavy (non-hydrogen) atoms. The molecule has 1 atom stereocenters. The normalized spacial score (nSPS) is 20.3. The number of carbonyl (C=O) groups excluding carboxylic acids is 1. The number of aryl methyl sites for hydroxylation is 1. The molecule has 1 aliphatic rings. The molecule has 0 aliphatic carbocycles. The van der Waals surface area contributed by atoms with Crippen molar-refractivity contribution in [2.24, 2.45) is 5.92 Å². The second-order valence-corrected chi connectivity index (χ2v) is 7.82. The molecule has 132 valence electrons. The Kier molecular flexibility index (Phi) is 6.65. The van der Waals surface area contributed by atoms with Gasteiger partial charge < -0.3 is 4.90 Å². The average Bonchev–Trinajstić information content (AvgIpc) is 2.77. The molecule has 0 bridgehead atoms. The number of Topliss-reactive ketones (excluding diaryl/α,β-unsaturated/α-hetero) is 1. The first-order valence-electron chi connectivity index (χ1n) is 9.03. The SMILES string of the molecule is C/C(=C\c1cc(C)cc(Cl)c1C)C(=O)C1CCCN(C(C)C)CC1. The van der Waals surface area contributed by atoms with Crippen LogP contribution in [-0.2, 0) is 4.79 Å². The van der Waals surface area contributed by atoms with Gasteiger partial charge in [-0.3, -0.25) is 4.79 Å². The first-order chi connectivity index (χ1) is 11.3. The second-order valence-electron chi connectivity index (χ2n) is 7.41. The number of allylic oxidation sites excluding steroid dienone is 1. The highest BCUT2D eigenvalue weighted by atomic mass is 35.5. The number of hydrogen-bond donors (Lipinski definition) is 0. The van der Waals surface area contributed by atoms with Gasteiger partial charge in [-0.2, -0.15) is 0 Å². The van der Waals surface area contributed by atoms with Crippen LogP contribution in [0.3, 0.4) is 0 Å². The van der Waals surface area contributed by atoms with E-state index in [1.165, 1.54) is 0 Å². The molecule has 0 spiro atoms. The fraction of sp³-hybridized carbons (Fsp3) is 0.571. The van der Waals surface area contributed by atoms with Crippen LogP contribution in [0.25, 0.3) is 6.08 Å². The predicted molar refractivity (Wildman–Crippen MR) is 104 cm³/mol.